The van der Waals surface area contributed by atoms with Crippen LogP contribution in [0.4, 0.5) is 5.13 Å². The maximum atomic E-state index is 5.55. The molecule has 0 aromatic carbocycles. The van der Waals surface area contributed by atoms with Crippen LogP contribution in [0.25, 0.3) is 0 Å². The molecule has 0 bridgehead atoms. The van der Waals surface area contributed by atoms with Crippen LogP contribution in [0.5, 0.6) is 0 Å². The molecule has 1 aliphatic carbocycles. The molecule has 0 radical (unpaired) electrons. The number of hydrogen-bond donors (Lipinski definition) is 1. The normalized spacial score (nSPS) is 16.7. The molecule has 3 nitrogen and oxygen atoms in total. The molecule has 0 amide bonds. The predicted octanol–water partition coefficient (Wildman–Crippen LogP) is 1.84. The van der Waals surface area contributed by atoms with E-state index < -0.39 is 0 Å². The molecule has 2 rings (SSSR count). The lowest BCUT2D eigenvalue weighted by Gasteiger charge is -2.29. The van der Waals surface area contributed by atoms with E-state index in [1.165, 1.54) is 24.1 Å². The summed E-state index contributed by atoms with van der Waals surface area (Å²) in [6.45, 7) is 1.76. The Kier molecular flexibility index (Phi) is 3.03. The first-order valence-corrected chi connectivity index (χ1v) is 5.97. The second-order valence-corrected chi connectivity index (χ2v) is 5.08. The minimum absolute atomic E-state index is 0.606. The first kappa shape index (κ1) is 9.93. The summed E-state index contributed by atoms with van der Waals surface area (Å²) >= 11 is 1.71. The maximum absolute atomic E-state index is 5.55. The Morgan fingerprint density at radius 3 is 2.93 bits per heavy atom. The highest BCUT2D eigenvalue weighted by atomic mass is 32.1. The topological polar surface area (TPSA) is 42.2 Å². The first-order chi connectivity index (χ1) is 6.79. The summed E-state index contributed by atoms with van der Waals surface area (Å²) in [6, 6.07) is 0. The summed E-state index contributed by atoms with van der Waals surface area (Å²) in [5.41, 5.74) is 5.55. The second kappa shape index (κ2) is 4.28. The molecule has 1 aromatic rings. The molecule has 0 atom stereocenters. The van der Waals surface area contributed by atoms with Gasteiger partial charge in [0.05, 0.1) is 0 Å². The van der Waals surface area contributed by atoms with Gasteiger partial charge in [-0.1, -0.05) is 6.42 Å². The summed E-state index contributed by atoms with van der Waals surface area (Å²) < 4.78 is 0. The van der Waals surface area contributed by atoms with E-state index in [2.05, 4.69) is 16.9 Å². The molecule has 0 unspecified atom stereocenters. The van der Waals surface area contributed by atoms with Gasteiger partial charge in [0.1, 0.15) is 0 Å². The first-order valence-electron chi connectivity index (χ1n) is 5.15. The Labute approximate surface area is 88.9 Å². The molecule has 14 heavy (non-hydrogen) atoms. The molecule has 78 valence electrons. The highest BCUT2D eigenvalue weighted by molar-refractivity contribution is 7.15. The molecule has 0 spiro atoms. The van der Waals surface area contributed by atoms with E-state index in [9.17, 15) is 0 Å². The Hall–Kier alpha value is -0.610. The number of nitrogens with two attached hydrogens (primary N) is 1. The van der Waals surface area contributed by atoms with Crippen LogP contribution in [0.1, 0.15) is 24.1 Å². The number of thiazole rings is 1. The lowest BCUT2D eigenvalue weighted by atomic mass is 9.85. The van der Waals surface area contributed by atoms with Gasteiger partial charge in [0, 0.05) is 31.2 Å². The standard InChI is InChI=1S/C10H17N3S/c1-13(7-8-3-2-4-8)10-12-6-9(5-11)14-10/h6,8H,2-5,7,11H2,1H3. The third-order valence-corrected chi connectivity index (χ3v) is 3.96. The summed E-state index contributed by atoms with van der Waals surface area (Å²) in [5, 5.41) is 1.11. The Bertz CT molecular complexity index is 293. The number of hydrogen-bond acceptors (Lipinski definition) is 4. The van der Waals surface area contributed by atoms with Crippen molar-refractivity contribution in [3.63, 3.8) is 0 Å². The van der Waals surface area contributed by atoms with E-state index in [4.69, 9.17) is 5.73 Å². The van der Waals surface area contributed by atoms with Crippen LogP contribution in [0.2, 0.25) is 0 Å². The number of aromatic nitrogens is 1. The Balaban J connectivity index is 1.92. The van der Waals surface area contributed by atoms with Crippen molar-refractivity contribution in [1.29, 1.82) is 0 Å². The van der Waals surface area contributed by atoms with E-state index in [0.29, 0.717) is 6.54 Å². The second-order valence-electron chi connectivity index (χ2n) is 3.99. The predicted molar refractivity (Wildman–Crippen MR) is 60.6 cm³/mol. The van der Waals surface area contributed by atoms with Gasteiger partial charge in [0.2, 0.25) is 0 Å². The monoisotopic (exact) mass is 211 g/mol. The van der Waals surface area contributed by atoms with E-state index in [1.54, 1.807) is 11.3 Å². The quantitative estimate of drug-likeness (QED) is 0.826. The third-order valence-electron chi connectivity index (χ3n) is 2.83. The molecule has 1 saturated carbocycles. The average molecular weight is 211 g/mol. The minimum atomic E-state index is 0.606. The lowest BCUT2D eigenvalue weighted by Crippen LogP contribution is -2.29. The van der Waals surface area contributed by atoms with Crippen molar-refractivity contribution in [3.05, 3.63) is 11.1 Å². The number of rotatable bonds is 4. The van der Waals surface area contributed by atoms with Crippen molar-refractivity contribution >= 4 is 16.5 Å². The van der Waals surface area contributed by atoms with E-state index in [0.717, 1.165) is 17.6 Å². The Morgan fingerprint density at radius 2 is 2.43 bits per heavy atom. The summed E-state index contributed by atoms with van der Waals surface area (Å²) in [6.07, 6.45) is 6.07. The van der Waals surface area contributed by atoms with E-state index >= 15 is 0 Å². The molecule has 2 N–H and O–H groups in total. The molecule has 0 saturated heterocycles. The van der Waals surface area contributed by atoms with Gasteiger partial charge in [0.15, 0.2) is 5.13 Å². The van der Waals surface area contributed by atoms with E-state index in [-0.39, 0.29) is 0 Å². The summed E-state index contributed by atoms with van der Waals surface area (Å²) in [5.74, 6) is 0.894. The SMILES string of the molecule is CN(CC1CCC1)c1ncc(CN)s1. The van der Waals surface area contributed by atoms with Crippen LogP contribution >= 0.6 is 11.3 Å². The molecule has 4 heteroatoms. The van der Waals surface area contributed by atoms with Crippen molar-refractivity contribution in [3.8, 4) is 0 Å². The van der Waals surface area contributed by atoms with Crippen LogP contribution < -0.4 is 10.6 Å². The lowest BCUT2D eigenvalue weighted by molar-refractivity contribution is 0.321. The molecule has 1 fully saturated rings. The van der Waals surface area contributed by atoms with Crippen LogP contribution in [0.15, 0.2) is 6.20 Å². The van der Waals surface area contributed by atoms with E-state index in [1.807, 2.05) is 6.20 Å². The molecular formula is C10H17N3S. The molecule has 1 heterocycles. The van der Waals surface area contributed by atoms with Crippen molar-refractivity contribution < 1.29 is 0 Å². The van der Waals surface area contributed by atoms with Gasteiger partial charge in [-0.3, -0.25) is 0 Å². The summed E-state index contributed by atoms with van der Waals surface area (Å²) in [7, 11) is 2.12. The Morgan fingerprint density at radius 1 is 1.64 bits per heavy atom. The van der Waals surface area contributed by atoms with Crippen LogP contribution in [-0.2, 0) is 6.54 Å². The van der Waals surface area contributed by atoms with Crippen molar-refractivity contribution in [2.45, 2.75) is 25.8 Å². The van der Waals surface area contributed by atoms with Gasteiger partial charge < -0.3 is 10.6 Å². The van der Waals surface area contributed by atoms with Gasteiger partial charge in [-0.05, 0) is 18.8 Å². The molecule has 0 aliphatic heterocycles. The average Bonchev–Trinajstić information content (AvgIpc) is 2.59. The van der Waals surface area contributed by atoms with Gasteiger partial charge >= 0.3 is 0 Å². The maximum Gasteiger partial charge on any atom is 0.185 e. The fraction of sp³-hybridized carbons (Fsp3) is 0.700. The summed E-state index contributed by atoms with van der Waals surface area (Å²) in [4.78, 5) is 7.79. The molecule has 1 aromatic heterocycles. The largest absolute Gasteiger partial charge is 0.351 e. The minimum Gasteiger partial charge on any atom is -0.351 e. The van der Waals surface area contributed by atoms with Crippen LogP contribution in [0, 0.1) is 5.92 Å². The van der Waals surface area contributed by atoms with Gasteiger partial charge in [-0.25, -0.2) is 4.98 Å². The van der Waals surface area contributed by atoms with Crippen LogP contribution in [0.3, 0.4) is 0 Å². The fourth-order valence-corrected chi connectivity index (χ4v) is 2.47. The van der Waals surface area contributed by atoms with Crippen molar-refractivity contribution in [1.82, 2.24) is 4.98 Å². The number of anilines is 1. The van der Waals surface area contributed by atoms with Gasteiger partial charge in [-0.15, -0.1) is 11.3 Å². The zero-order chi connectivity index (χ0) is 9.97. The number of nitrogens with zero attached hydrogens (tertiary/aromatic N) is 2. The van der Waals surface area contributed by atoms with Crippen LogP contribution in [-0.4, -0.2) is 18.6 Å². The highest BCUT2D eigenvalue weighted by Crippen LogP contribution is 2.29. The highest BCUT2D eigenvalue weighted by Gasteiger charge is 2.20. The third kappa shape index (κ3) is 2.07. The van der Waals surface area contributed by atoms with Gasteiger partial charge in [-0.2, -0.15) is 0 Å². The molecular weight excluding hydrogens is 194 g/mol. The van der Waals surface area contributed by atoms with Crippen molar-refractivity contribution in [2.24, 2.45) is 11.7 Å². The molecule has 1 aliphatic rings. The zero-order valence-electron chi connectivity index (χ0n) is 8.57. The smallest absolute Gasteiger partial charge is 0.185 e. The van der Waals surface area contributed by atoms with Crippen molar-refractivity contribution in [2.75, 3.05) is 18.5 Å². The fourth-order valence-electron chi connectivity index (χ4n) is 1.71. The zero-order valence-corrected chi connectivity index (χ0v) is 9.39. The van der Waals surface area contributed by atoms with Gasteiger partial charge in [0.25, 0.3) is 0 Å².